The Labute approximate surface area is 182 Å². The van der Waals surface area contributed by atoms with Gasteiger partial charge in [0.15, 0.2) is 0 Å². The number of benzene rings is 1. The number of amides is 2. The Morgan fingerprint density at radius 3 is 2.60 bits per heavy atom. The summed E-state index contributed by atoms with van der Waals surface area (Å²) in [4.78, 5) is 27.9. The summed E-state index contributed by atoms with van der Waals surface area (Å²) in [6.07, 6.45) is 1.28. The van der Waals surface area contributed by atoms with Crippen molar-refractivity contribution in [2.24, 2.45) is 5.92 Å². The highest BCUT2D eigenvalue weighted by molar-refractivity contribution is 7.09. The number of thiophene rings is 1. The Kier molecular flexibility index (Phi) is 7.02. The summed E-state index contributed by atoms with van der Waals surface area (Å²) in [5.74, 6) is -0.120. The van der Waals surface area contributed by atoms with Gasteiger partial charge in [-0.15, -0.1) is 11.3 Å². The van der Waals surface area contributed by atoms with Crippen LogP contribution in [0.2, 0.25) is 0 Å². The summed E-state index contributed by atoms with van der Waals surface area (Å²) in [6.45, 7) is 8.78. The van der Waals surface area contributed by atoms with Crippen LogP contribution in [0, 0.1) is 5.92 Å². The first-order chi connectivity index (χ1) is 14.2. The number of hydrogen-bond donors (Lipinski definition) is 2. The molecule has 2 N–H and O–H groups in total. The molecule has 2 atom stereocenters. The van der Waals surface area contributed by atoms with Gasteiger partial charge < -0.3 is 20.3 Å². The molecule has 1 aliphatic rings. The average Bonchev–Trinajstić information content (AvgIpc) is 3.34. The van der Waals surface area contributed by atoms with Crippen LogP contribution < -0.4 is 10.6 Å². The van der Waals surface area contributed by atoms with Crippen LogP contribution in [0.4, 0.5) is 16.2 Å². The highest BCUT2D eigenvalue weighted by atomic mass is 32.1. The molecule has 162 valence electrons. The molecule has 0 spiro atoms. The lowest BCUT2D eigenvalue weighted by Crippen LogP contribution is -2.36. The third-order valence-electron chi connectivity index (χ3n) is 4.92. The standard InChI is InChI=1S/C23H31N3O3S/c1-16(14-18-8-7-13-30-18)21(27)25-20-10-6-5-9-19(20)24-17-11-12-26(15-17)22(28)29-23(2,3)4/h5-10,13,16-17,24H,11-12,14-15H2,1-4H3,(H,25,27)/t16-,17+/m1/s1. The van der Waals surface area contributed by atoms with Gasteiger partial charge in [0.1, 0.15) is 5.60 Å². The molecule has 7 heteroatoms. The van der Waals surface area contributed by atoms with Crippen molar-refractivity contribution in [2.45, 2.75) is 52.2 Å². The van der Waals surface area contributed by atoms with Gasteiger partial charge >= 0.3 is 6.09 Å². The molecule has 1 aromatic heterocycles. The first-order valence-corrected chi connectivity index (χ1v) is 11.3. The molecule has 0 radical (unpaired) electrons. The minimum Gasteiger partial charge on any atom is -0.444 e. The number of rotatable bonds is 6. The van der Waals surface area contributed by atoms with Crippen molar-refractivity contribution in [1.82, 2.24) is 4.90 Å². The van der Waals surface area contributed by atoms with Crippen molar-refractivity contribution in [3.8, 4) is 0 Å². The minimum atomic E-state index is -0.501. The van der Waals surface area contributed by atoms with Gasteiger partial charge in [-0.2, -0.15) is 0 Å². The molecule has 30 heavy (non-hydrogen) atoms. The summed E-state index contributed by atoms with van der Waals surface area (Å²) in [6, 6.07) is 11.9. The van der Waals surface area contributed by atoms with Crippen LogP contribution in [0.1, 0.15) is 39.0 Å². The molecular formula is C23H31N3O3S. The lowest BCUT2D eigenvalue weighted by molar-refractivity contribution is -0.119. The van der Waals surface area contributed by atoms with Crippen molar-refractivity contribution in [2.75, 3.05) is 23.7 Å². The molecule has 2 amide bonds. The molecule has 1 fully saturated rings. The predicted molar refractivity (Wildman–Crippen MR) is 122 cm³/mol. The van der Waals surface area contributed by atoms with Gasteiger partial charge in [-0.1, -0.05) is 25.1 Å². The summed E-state index contributed by atoms with van der Waals surface area (Å²) in [5.41, 5.74) is 1.13. The van der Waals surface area contributed by atoms with E-state index < -0.39 is 5.60 Å². The monoisotopic (exact) mass is 429 g/mol. The average molecular weight is 430 g/mol. The van der Waals surface area contributed by atoms with E-state index in [-0.39, 0.29) is 24.0 Å². The SMILES string of the molecule is C[C@H](Cc1cccs1)C(=O)Nc1ccccc1N[C@H]1CCN(C(=O)OC(C)(C)C)C1. The fourth-order valence-electron chi connectivity index (χ4n) is 3.39. The van der Waals surface area contributed by atoms with Crippen molar-refractivity contribution < 1.29 is 14.3 Å². The zero-order valence-electron chi connectivity index (χ0n) is 18.1. The molecular weight excluding hydrogens is 398 g/mol. The summed E-state index contributed by atoms with van der Waals surface area (Å²) in [5, 5.41) is 8.57. The molecule has 6 nitrogen and oxygen atoms in total. The number of para-hydroxylation sites is 2. The highest BCUT2D eigenvalue weighted by Gasteiger charge is 2.30. The smallest absolute Gasteiger partial charge is 0.410 e. The van der Waals surface area contributed by atoms with Crippen molar-refractivity contribution in [1.29, 1.82) is 0 Å². The summed E-state index contributed by atoms with van der Waals surface area (Å²) < 4.78 is 5.47. The maximum atomic E-state index is 12.7. The van der Waals surface area contributed by atoms with Gasteiger partial charge in [0.2, 0.25) is 5.91 Å². The molecule has 1 aromatic carbocycles. The molecule has 0 bridgehead atoms. The van der Waals surface area contributed by atoms with E-state index in [0.29, 0.717) is 13.1 Å². The largest absolute Gasteiger partial charge is 0.444 e. The van der Waals surface area contributed by atoms with E-state index in [1.165, 1.54) is 4.88 Å². The third kappa shape index (κ3) is 6.23. The second-order valence-corrected chi connectivity index (χ2v) is 9.81. The number of carbonyl (C=O) groups excluding carboxylic acids is 2. The number of ether oxygens (including phenoxy) is 1. The van der Waals surface area contributed by atoms with E-state index >= 15 is 0 Å². The minimum absolute atomic E-state index is 0.000506. The Morgan fingerprint density at radius 1 is 1.20 bits per heavy atom. The first-order valence-electron chi connectivity index (χ1n) is 10.4. The summed E-state index contributed by atoms with van der Waals surface area (Å²) >= 11 is 1.67. The molecule has 3 rings (SSSR count). The van der Waals surface area contributed by atoms with Crippen molar-refractivity contribution in [3.63, 3.8) is 0 Å². The Morgan fingerprint density at radius 2 is 1.93 bits per heavy atom. The number of nitrogens with zero attached hydrogens (tertiary/aromatic N) is 1. The van der Waals surface area contributed by atoms with Gasteiger partial charge in [0, 0.05) is 29.9 Å². The van der Waals surface area contributed by atoms with Crippen LogP contribution in [0.3, 0.4) is 0 Å². The highest BCUT2D eigenvalue weighted by Crippen LogP contribution is 2.26. The number of hydrogen-bond acceptors (Lipinski definition) is 5. The van der Waals surface area contributed by atoms with Gasteiger partial charge in [-0.05, 0) is 57.2 Å². The fraction of sp³-hybridized carbons (Fsp3) is 0.478. The van der Waals surface area contributed by atoms with Crippen LogP contribution in [-0.4, -0.2) is 41.6 Å². The van der Waals surface area contributed by atoms with Crippen molar-refractivity contribution >= 4 is 34.7 Å². The lowest BCUT2D eigenvalue weighted by Gasteiger charge is -2.24. The third-order valence-corrected chi connectivity index (χ3v) is 5.82. The maximum Gasteiger partial charge on any atom is 0.410 e. The quantitative estimate of drug-likeness (QED) is 0.679. The lowest BCUT2D eigenvalue weighted by atomic mass is 10.1. The van der Waals surface area contributed by atoms with Crippen LogP contribution in [0.25, 0.3) is 0 Å². The van der Waals surface area contributed by atoms with Gasteiger partial charge in [0.05, 0.1) is 11.4 Å². The van der Waals surface area contributed by atoms with Crippen LogP contribution in [0.15, 0.2) is 41.8 Å². The molecule has 1 saturated heterocycles. The summed E-state index contributed by atoms with van der Waals surface area (Å²) in [7, 11) is 0. The molecule has 0 unspecified atom stereocenters. The van der Waals surface area contributed by atoms with E-state index in [4.69, 9.17) is 4.74 Å². The first kappa shape index (κ1) is 22.2. The molecule has 2 heterocycles. The van der Waals surface area contributed by atoms with E-state index in [0.717, 1.165) is 24.2 Å². The fourth-order valence-corrected chi connectivity index (χ4v) is 4.22. The molecule has 0 saturated carbocycles. The number of likely N-dealkylation sites (tertiary alicyclic amines) is 1. The van der Waals surface area contributed by atoms with Gasteiger partial charge in [-0.25, -0.2) is 4.79 Å². The number of anilines is 2. The predicted octanol–water partition coefficient (Wildman–Crippen LogP) is 4.99. The van der Waals surface area contributed by atoms with Crippen molar-refractivity contribution in [3.05, 3.63) is 46.7 Å². The molecule has 1 aliphatic heterocycles. The van der Waals surface area contributed by atoms with Crippen LogP contribution in [0.5, 0.6) is 0 Å². The normalized spacial score (nSPS) is 17.5. The maximum absolute atomic E-state index is 12.7. The Bertz CT molecular complexity index is 861. The van der Waals surface area contributed by atoms with Crippen LogP contribution in [-0.2, 0) is 16.0 Å². The zero-order valence-corrected chi connectivity index (χ0v) is 18.9. The second-order valence-electron chi connectivity index (χ2n) is 8.78. The van der Waals surface area contributed by atoms with Gasteiger partial charge in [0.25, 0.3) is 0 Å². The molecule has 2 aromatic rings. The van der Waals surface area contributed by atoms with E-state index in [1.807, 2.05) is 63.4 Å². The van der Waals surface area contributed by atoms with E-state index in [2.05, 4.69) is 16.7 Å². The zero-order chi connectivity index (χ0) is 21.7. The van der Waals surface area contributed by atoms with E-state index in [9.17, 15) is 9.59 Å². The Hall–Kier alpha value is -2.54. The van der Waals surface area contributed by atoms with Gasteiger partial charge in [-0.3, -0.25) is 4.79 Å². The Balaban J connectivity index is 1.58. The topological polar surface area (TPSA) is 70.7 Å². The van der Waals surface area contributed by atoms with E-state index in [1.54, 1.807) is 16.2 Å². The molecule has 0 aliphatic carbocycles. The second kappa shape index (κ2) is 9.51. The van der Waals surface area contributed by atoms with Crippen LogP contribution >= 0.6 is 11.3 Å². The number of nitrogens with one attached hydrogen (secondary N) is 2. The number of carbonyl (C=O) groups is 2.